The lowest BCUT2D eigenvalue weighted by Crippen LogP contribution is -2.58. The molecular formula is C23H35N7O8S. The fourth-order valence-electron chi connectivity index (χ4n) is 3.27. The smallest absolute Gasteiger partial charge is 0.326 e. The highest BCUT2D eigenvalue weighted by Gasteiger charge is 2.30. The zero-order valence-electron chi connectivity index (χ0n) is 21.1. The van der Waals surface area contributed by atoms with E-state index in [0.29, 0.717) is 12.0 Å². The van der Waals surface area contributed by atoms with Crippen LogP contribution in [0.4, 0.5) is 0 Å². The fourth-order valence-corrected chi connectivity index (χ4v) is 3.53. The minimum Gasteiger partial charge on any atom is -0.508 e. The van der Waals surface area contributed by atoms with E-state index in [9.17, 15) is 34.2 Å². The molecule has 0 bridgehead atoms. The third-order valence-corrected chi connectivity index (χ3v) is 5.76. The number of carbonyl (C=O) groups is 5. The van der Waals surface area contributed by atoms with Crippen molar-refractivity contribution in [2.75, 3.05) is 12.3 Å². The Morgan fingerprint density at radius 2 is 1.44 bits per heavy atom. The molecule has 0 aromatic heterocycles. The molecule has 12 N–H and O–H groups in total. The Kier molecular flexibility index (Phi) is 14.1. The van der Waals surface area contributed by atoms with Gasteiger partial charge >= 0.3 is 11.9 Å². The molecule has 1 aromatic carbocycles. The largest absolute Gasteiger partial charge is 0.508 e. The first kappa shape index (κ1) is 33.0. The van der Waals surface area contributed by atoms with Gasteiger partial charge in [-0.05, 0) is 37.0 Å². The first-order valence-corrected chi connectivity index (χ1v) is 12.5. The number of amides is 3. The van der Waals surface area contributed by atoms with E-state index in [1.807, 2.05) is 0 Å². The minimum absolute atomic E-state index is 0.0316. The Labute approximate surface area is 230 Å². The molecular weight excluding hydrogens is 534 g/mol. The Balaban J connectivity index is 2.97. The molecule has 15 nitrogen and oxygen atoms in total. The van der Waals surface area contributed by atoms with Crippen LogP contribution in [0.15, 0.2) is 29.3 Å². The minimum atomic E-state index is -1.52. The van der Waals surface area contributed by atoms with Gasteiger partial charge in [0.05, 0.1) is 6.04 Å². The van der Waals surface area contributed by atoms with E-state index >= 15 is 0 Å². The summed E-state index contributed by atoms with van der Waals surface area (Å²) in [6.45, 7) is 0.262. The maximum atomic E-state index is 13.0. The number of phenolic OH excluding ortho intramolecular Hbond substituents is 1. The van der Waals surface area contributed by atoms with E-state index in [4.69, 9.17) is 22.3 Å². The summed E-state index contributed by atoms with van der Waals surface area (Å²) in [7, 11) is 0. The lowest BCUT2D eigenvalue weighted by Gasteiger charge is -2.24. The van der Waals surface area contributed by atoms with Gasteiger partial charge < -0.3 is 48.5 Å². The summed E-state index contributed by atoms with van der Waals surface area (Å²) in [5.74, 6) is -5.30. The molecule has 0 radical (unpaired) electrons. The predicted molar refractivity (Wildman–Crippen MR) is 144 cm³/mol. The highest BCUT2D eigenvalue weighted by molar-refractivity contribution is 7.80. The van der Waals surface area contributed by atoms with E-state index in [0.717, 1.165) is 0 Å². The van der Waals surface area contributed by atoms with E-state index in [2.05, 4.69) is 33.6 Å². The molecule has 0 aliphatic rings. The monoisotopic (exact) mass is 569 g/mol. The summed E-state index contributed by atoms with van der Waals surface area (Å²) in [6.07, 6.45) is -0.367. The standard InChI is InChI=1S/C23H35N7O8S/c24-14(2-1-9-27-23(25)26)19(34)30-17(11-39)21(36)29-16(10-12-3-5-13(31)6-4-12)20(35)28-15(22(37)38)7-8-18(32)33/h3-6,14-17,31,39H,1-2,7-11,24H2,(H,28,35)(H,29,36)(H,30,34)(H,32,33)(H,37,38)(H4,25,26,27). The van der Waals surface area contributed by atoms with Gasteiger partial charge in [0.25, 0.3) is 0 Å². The lowest BCUT2D eigenvalue weighted by atomic mass is 10.0. The number of hydrogen-bond acceptors (Lipinski definition) is 9. The quantitative estimate of drug-likeness (QED) is 0.0410. The molecule has 39 heavy (non-hydrogen) atoms. The van der Waals surface area contributed by atoms with E-state index < -0.39 is 60.2 Å². The summed E-state index contributed by atoms with van der Waals surface area (Å²) < 4.78 is 0. The first-order valence-electron chi connectivity index (χ1n) is 11.9. The number of benzene rings is 1. The number of aliphatic imine (C=N–C) groups is 1. The molecule has 3 amide bonds. The van der Waals surface area contributed by atoms with Gasteiger partial charge in [-0.2, -0.15) is 12.6 Å². The topological polar surface area (TPSA) is 273 Å². The number of carboxylic acid groups (broad SMARTS) is 2. The van der Waals surface area contributed by atoms with Crippen molar-refractivity contribution < 1.29 is 39.3 Å². The van der Waals surface area contributed by atoms with Crippen molar-refractivity contribution in [3.63, 3.8) is 0 Å². The van der Waals surface area contributed by atoms with Crippen LogP contribution >= 0.6 is 12.6 Å². The number of hydrogen-bond donors (Lipinski definition) is 10. The summed E-state index contributed by atoms with van der Waals surface area (Å²) in [5.41, 5.74) is 16.9. The Morgan fingerprint density at radius 1 is 0.872 bits per heavy atom. The van der Waals surface area contributed by atoms with E-state index in [1.54, 1.807) is 0 Å². The van der Waals surface area contributed by atoms with Crippen LogP contribution in [0.3, 0.4) is 0 Å². The van der Waals surface area contributed by atoms with Crippen LogP contribution in [0, 0.1) is 0 Å². The average Bonchev–Trinajstić information content (AvgIpc) is 2.87. The number of guanidine groups is 1. The van der Waals surface area contributed by atoms with Crippen molar-refractivity contribution in [2.24, 2.45) is 22.2 Å². The molecule has 216 valence electrons. The Hall–Kier alpha value is -4.05. The zero-order valence-corrected chi connectivity index (χ0v) is 22.0. The molecule has 0 saturated heterocycles. The molecule has 16 heteroatoms. The van der Waals surface area contributed by atoms with Gasteiger partial charge in [0, 0.05) is 25.1 Å². The van der Waals surface area contributed by atoms with Crippen molar-refractivity contribution >= 4 is 48.2 Å². The molecule has 0 heterocycles. The summed E-state index contributed by atoms with van der Waals surface area (Å²) in [5, 5.41) is 34.9. The number of thiol groups is 1. The number of nitrogens with zero attached hydrogens (tertiary/aromatic N) is 1. The number of rotatable bonds is 17. The number of carboxylic acids is 2. The predicted octanol–water partition coefficient (Wildman–Crippen LogP) is -2.35. The highest BCUT2D eigenvalue weighted by atomic mass is 32.1. The van der Waals surface area contributed by atoms with Crippen molar-refractivity contribution in [3.8, 4) is 5.75 Å². The second-order valence-electron chi connectivity index (χ2n) is 8.56. The first-order chi connectivity index (χ1) is 18.3. The van der Waals surface area contributed by atoms with Gasteiger partial charge in [0.15, 0.2) is 5.96 Å². The van der Waals surface area contributed by atoms with Crippen LogP contribution in [0.5, 0.6) is 5.75 Å². The maximum absolute atomic E-state index is 13.0. The van der Waals surface area contributed by atoms with Crippen LogP contribution < -0.4 is 33.2 Å². The van der Waals surface area contributed by atoms with Gasteiger partial charge in [-0.15, -0.1) is 0 Å². The van der Waals surface area contributed by atoms with E-state index in [1.165, 1.54) is 24.3 Å². The molecule has 0 spiro atoms. The van der Waals surface area contributed by atoms with Crippen molar-refractivity contribution in [3.05, 3.63) is 29.8 Å². The van der Waals surface area contributed by atoms with Crippen LogP contribution in [0.25, 0.3) is 0 Å². The molecule has 1 aromatic rings. The second-order valence-corrected chi connectivity index (χ2v) is 8.93. The van der Waals surface area contributed by atoms with Gasteiger partial charge in [-0.3, -0.25) is 24.2 Å². The second kappa shape index (κ2) is 16.7. The van der Waals surface area contributed by atoms with E-state index in [-0.39, 0.29) is 43.3 Å². The molecule has 4 atom stereocenters. The Morgan fingerprint density at radius 3 is 1.97 bits per heavy atom. The van der Waals surface area contributed by atoms with Gasteiger partial charge in [-0.1, -0.05) is 12.1 Å². The maximum Gasteiger partial charge on any atom is 0.326 e. The third-order valence-electron chi connectivity index (χ3n) is 5.39. The van der Waals surface area contributed by atoms with Gasteiger partial charge in [0.2, 0.25) is 17.7 Å². The molecule has 0 saturated carbocycles. The van der Waals surface area contributed by atoms with Crippen LogP contribution in [-0.2, 0) is 30.4 Å². The number of nitrogens with one attached hydrogen (secondary N) is 3. The molecule has 0 fully saturated rings. The number of aliphatic carboxylic acids is 2. The lowest BCUT2D eigenvalue weighted by molar-refractivity contribution is -0.143. The zero-order chi connectivity index (χ0) is 29.5. The van der Waals surface area contributed by atoms with Crippen LogP contribution in [0.2, 0.25) is 0 Å². The Bertz CT molecular complexity index is 1030. The van der Waals surface area contributed by atoms with Crippen molar-refractivity contribution in [1.82, 2.24) is 16.0 Å². The average molecular weight is 570 g/mol. The van der Waals surface area contributed by atoms with Gasteiger partial charge in [-0.25, -0.2) is 4.79 Å². The summed E-state index contributed by atoms with van der Waals surface area (Å²) in [4.78, 5) is 64.7. The molecule has 0 aliphatic carbocycles. The third kappa shape index (κ3) is 12.8. The van der Waals surface area contributed by atoms with Crippen LogP contribution in [-0.4, -0.2) is 87.4 Å². The normalized spacial score (nSPS) is 13.7. The number of aromatic hydroxyl groups is 1. The fraction of sp³-hybridized carbons (Fsp3) is 0.478. The molecule has 4 unspecified atom stereocenters. The molecule has 0 aliphatic heterocycles. The number of carbonyl (C=O) groups excluding carboxylic acids is 3. The summed E-state index contributed by atoms with van der Waals surface area (Å²) >= 11 is 4.10. The van der Waals surface area contributed by atoms with Gasteiger partial charge in [0.1, 0.15) is 23.9 Å². The molecule has 1 rings (SSSR count). The summed E-state index contributed by atoms with van der Waals surface area (Å²) in [6, 6.07) is 0.721. The van der Waals surface area contributed by atoms with Crippen LogP contribution in [0.1, 0.15) is 31.2 Å². The highest BCUT2D eigenvalue weighted by Crippen LogP contribution is 2.12. The van der Waals surface area contributed by atoms with Crippen molar-refractivity contribution in [2.45, 2.75) is 56.3 Å². The number of phenols is 1. The van der Waals surface area contributed by atoms with Crippen molar-refractivity contribution in [1.29, 1.82) is 0 Å². The SMILES string of the molecule is NC(N)=NCCCC(N)C(=O)NC(CS)C(=O)NC(Cc1ccc(O)cc1)C(=O)NC(CCC(=O)O)C(=O)O. The number of nitrogens with two attached hydrogens (primary N) is 3.